The molecule has 5 fully saturated rings. The Kier molecular flexibility index (Phi) is 8.05. The lowest BCUT2D eigenvalue weighted by Crippen LogP contribution is -2.86. The minimum atomic E-state index is -0.171. The molecule has 6 bridgehead atoms. The van der Waals surface area contributed by atoms with Crippen LogP contribution in [0.25, 0.3) is 0 Å². The van der Waals surface area contributed by atoms with E-state index in [2.05, 4.69) is 16.0 Å². The molecule has 5 heterocycles. The highest BCUT2D eigenvalue weighted by Crippen LogP contribution is 2.16. The highest BCUT2D eigenvalue weighted by atomic mass is 16.7. The lowest BCUT2D eigenvalue weighted by atomic mass is 9.64. The minimum Gasteiger partial charge on any atom is -0.452 e. The highest BCUT2D eigenvalue weighted by Gasteiger charge is 2.43. The maximum Gasteiger partial charge on any atom is 0.435 e. The lowest BCUT2D eigenvalue weighted by Gasteiger charge is -2.32. The van der Waals surface area contributed by atoms with Crippen molar-refractivity contribution >= 4 is 42.7 Å². The van der Waals surface area contributed by atoms with Gasteiger partial charge < -0.3 is 43.4 Å². The lowest BCUT2D eigenvalue weighted by molar-refractivity contribution is -0.648. The van der Waals surface area contributed by atoms with Gasteiger partial charge in [-0.1, -0.05) is 0 Å². The van der Waals surface area contributed by atoms with Gasteiger partial charge in [-0.25, -0.2) is 0 Å². The first-order valence-electron chi connectivity index (χ1n) is 10.7. The van der Waals surface area contributed by atoms with E-state index in [4.69, 9.17) is 27.4 Å². The van der Waals surface area contributed by atoms with Gasteiger partial charge in [0.2, 0.25) is 0 Å². The van der Waals surface area contributed by atoms with Crippen LogP contribution in [0.3, 0.4) is 0 Å². The number of rotatable bonds is 0. The third-order valence-electron chi connectivity index (χ3n) is 5.46. The Morgan fingerprint density at radius 3 is 0.704 bits per heavy atom. The van der Waals surface area contributed by atoms with Gasteiger partial charge in [0.1, 0.15) is 0 Å². The van der Waals surface area contributed by atoms with Crippen molar-refractivity contribution in [2.75, 3.05) is 39.3 Å². The molecule has 0 radical (unpaired) electrons. The molecule has 144 valence electrons. The predicted molar refractivity (Wildman–Crippen MR) is 105 cm³/mol. The van der Waals surface area contributed by atoms with E-state index in [0.29, 0.717) is 0 Å². The van der Waals surface area contributed by atoms with E-state index in [1.54, 1.807) is 0 Å². The van der Waals surface area contributed by atoms with Crippen LogP contribution in [0.5, 0.6) is 0 Å². The third-order valence-corrected chi connectivity index (χ3v) is 5.46. The number of hydrogen-bond donors (Lipinski definition) is 3. The van der Waals surface area contributed by atoms with Crippen molar-refractivity contribution < 1.29 is 43.4 Å². The van der Waals surface area contributed by atoms with E-state index >= 15 is 0 Å². The number of hydrogen-bond acceptors (Lipinski definition) is 6. The van der Waals surface area contributed by atoms with Crippen molar-refractivity contribution in [1.29, 1.82) is 0 Å². The smallest absolute Gasteiger partial charge is 0.435 e. The Balaban J connectivity index is 1.45. The van der Waals surface area contributed by atoms with Gasteiger partial charge in [-0.3, -0.25) is 0 Å². The van der Waals surface area contributed by atoms with Gasteiger partial charge in [0.05, 0.1) is 39.3 Å². The van der Waals surface area contributed by atoms with Crippen molar-refractivity contribution in [3.05, 3.63) is 0 Å². The Morgan fingerprint density at radius 2 is 0.519 bits per heavy atom. The maximum absolute atomic E-state index is 6.04. The van der Waals surface area contributed by atoms with E-state index in [9.17, 15) is 0 Å². The van der Waals surface area contributed by atoms with E-state index in [1.165, 1.54) is 0 Å². The largest absolute Gasteiger partial charge is 0.452 e. The molecule has 0 unspecified atom stereocenters. The quantitative estimate of drug-likeness (QED) is 0.370. The van der Waals surface area contributed by atoms with Gasteiger partial charge in [-0.05, 0) is 0 Å². The standard InChI is InChI=1S/C12H27B6N3O6/c1-7-19-8-2-16-25-17-5-11-20-9-3-14-22-13(1)23-15(24-14)4-10-21-12-6-18(26-16)27-17/h19-21H,1-12H2/p+3. The van der Waals surface area contributed by atoms with Crippen LogP contribution in [0.4, 0.5) is 0 Å². The van der Waals surface area contributed by atoms with Crippen molar-refractivity contribution in [3.63, 3.8) is 0 Å². The van der Waals surface area contributed by atoms with Crippen LogP contribution in [-0.4, -0.2) is 82.0 Å². The molecule has 5 aliphatic rings. The second-order valence-electron chi connectivity index (χ2n) is 7.72. The summed E-state index contributed by atoms with van der Waals surface area (Å²) in [4.78, 5) is 0. The summed E-state index contributed by atoms with van der Waals surface area (Å²) in [5.74, 6) is 0. The predicted octanol–water partition coefficient (Wildman–Crippen LogP) is -4.24. The molecule has 0 aliphatic carbocycles. The molecule has 0 aromatic rings. The number of quaternary nitrogens is 3. The first-order valence-corrected chi connectivity index (χ1v) is 10.7. The molecule has 0 amide bonds. The molecule has 0 aromatic carbocycles. The van der Waals surface area contributed by atoms with Crippen LogP contribution in [0.1, 0.15) is 0 Å². The summed E-state index contributed by atoms with van der Waals surface area (Å²) in [7, 11) is -1.03. The fourth-order valence-corrected chi connectivity index (χ4v) is 3.98. The average molecular weight is 377 g/mol. The van der Waals surface area contributed by atoms with Gasteiger partial charge in [-0.2, -0.15) is 0 Å². The van der Waals surface area contributed by atoms with E-state index in [0.717, 1.165) is 77.2 Å². The van der Waals surface area contributed by atoms with Crippen LogP contribution in [-0.2, 0) is 27.4 Å². The first kappa shape index (κ1) is 20.3. The summed E-state index contributed by atoms with van der Waals surface area (Å²) < 4.78 is 36.2. The minimum absolute atomic E-state index is 0.171. The summed E-state index contributed by atoms with van der Waals surface area (Å²) in [5, 5.41) is 6.87. The SMILES string of the molecule is C1CB2OB3CC[NH2+]CCB4OB(CC[NH2+]1)OB(CC[NH2+]CCB(O2)O3)O4. The average Bonchev–Trinajstić information content (AvgIpc) is 2.66. The van der Waals surface area contributed by atoms with Gasteiger partial charge in [0.15, 0.2) is 0 Å². The van der Waals surface area contributed by atoms with Crippen molar-refractivity contribution in [3.8, 4) is 0 Å². The van der Waals surface area contributed by atoms with Crippen LogP contribution in [0.15, 0.2) is 0 Å². The number of nitrogens with two attached hydrogens (primary N) is 3. The molecule has 15 heteroatoms. The second-order valence-corrected chi connectivity index (χ2v) is 7.72. The fourth-order valence-electron chi connectivity index (χ4n) is 3.98. The molecule has 0 aromatic heterocycles. The molecule has 5 aliphatic heterocycles. The van der Waals surface area contributed by atoms with E-state index in [1.807, 2.05) is 0 Å². The fraction of sp³-hybridized carbons (Fsp3) is 1.00. The van der Waals surface area contributed by atoms with Gasteiger partial charge in [0.25, 0.3) is 0 Å². The van der Waals surface area contributed by atoms with E-state index < -0.39 is 0 Å². The molecular formula is C12H30B6N3O6+3. The molecule has 0 saturated carbocycles. The Morgan fingerprint density at radius 1 is 0.333 bits per heavy atom. The zero-order valence-corrected chi connectivity index (χ0v) is 16.1. The Bertz CT molecular complexity index is 352. The summed E-state index contributed by atoms with van der Waals surface area (Å²) in [5.41, 5.74) is 0. The van der Waals surface area contributed by atoms with Crippen LogP contribution < -0.4 is 16.0 Å². The van der Waals surface area contributed by atoms with Crippen LogP contribution in [0, 0.1) is 0 Å². The highest BCUT2D eigenvalue weighted by molar-refractivity contribution is 6.74. The molecule has 0 spiro atoms. The Labute approximate surface area is 163 Å². The summed E-state index contributed by atoms with van der Waals surface area (Å²) >= 11 is 0. The first-order chi connectivity index (χ1) is 13.3. The Hall–Kier alpha value is 0.0296. The molecule has 6 N–H and O–H groups in total. The zero-order chi connectivity index (χ0) is 18.3. The molecular weight excluding hydrogens is 347 g/mol. The summed E-state index contributed by atoms with van der Waals surface area (Å²) in [6, 6.07) is 0. The summed E-state index contributed by atoms with van der Waals surface area (Å²) in [6.45, 7) is 5.74. The zero-order valence-electron chi connectivity index (χ0n) is 16.1. The third kappa shape index (κ3) is 6.52. The van der Waals surface area contributed by atoms with Crippen LogP contribution >= 0.6 is 0 Å². The molecule has 0 atom stereocenters. The van der Waals surface area contributed by atoms with Crippen LogP contribution in [0.2, 0.25) is 37.9 Å². The topological polar surface area (TPSA) is 105 Å². The molecule has 9 nitrogen and oxygen atoms in total. The normalized spacial score (nSPS) is 26.7. The molecule has 27 heavy (non-hydrogen) atoms. The van der Waals surface area contributed by atoms with Crippen molar-refractivity contribution in [2.24, 2.45) is 0 Å². The number of fused-ring (bicyclic) bond motifs is 12. The summed E-state index contributed by atoms with van der Waals surface area (Å²) in [6.07, 6.45) is 5.19. The monoisotopic (exact) mass is 378 g/mol. The van der Waals surface area contributed by atoms with Gasteiger partial charge >= 0.3 is 42.7 Å². The second kappa shape index (κ2) is 10.7. The van der Waals surface area contributed by atoms with Gasteiger partial charge in [-0.15, -0.1) is 0 Å². The van der Waals surface area contributed by atoms with Gasteiger partial charge in [0, 0.05) is 37.9 Å². The molecule has 5 saturated heterocycles. The maximum atomic E-state index is 6.04. The van der Waals surface area contributed by atoms with E-state index in [-0.39, 0.29) is 42.7 Å². The van der Waals surface area contributed by atoms with Crippen molar-refractivity contribution in [1.82, 2.24) is 0 Å². The molecule has 5 rings (SSSR count). The van der Waals surface area contributed by atoms with Crippen molar-refractivity contribution in [2.45, 2.75) is 37.9 Å².